The number of halogens is 1. The molecule has 21 heavy (non-hydrogen) atoms. The van der Waals surface area contributed by atoms with Crippen LogP contribution in [0.2, 0.25) is 0 Å². The molecular formula is C15H21FN4O. The number of carbonyl (C=O) groups is 1. The van der Waals surface area contributed by atoms with E-state index in [1.165, 1.54) is 12.1 Å². The zero-order valence-electron chi connectivity index (χ0n) is 12.0. The molecule has 2 heterocycles. The minimum absolute atomic E-state index is 0.0413. The van der Waals surface area contributed by atoms with Crippen molar-refractivity contribution in [3.8, 4) is 0 Å². The average molecular weight is 292 g/mol. The Morgan fingerprint density at radius 1 is 1.19 bits per heavy atom. The molecule has 3 rings (SSSR count). The molecule has 0 atom stereocenters. The van der Waals surface area contributed by atoms with Gasteiger partial charge in [-0.15, -0.1) is 0 Å². The van der Waals surface area contributed by atoms with Crippen LogP contribution >= 0.6 is 0 Å². The molecule has 2 saturated heterocycles. The smallest absolute Gasteiger partial charge is 0.238 e. The third-order valence-electron chi connectivity index (χ3n) is 4.18. The molecule has 0 unspecified atom stereocenters. The van der Waals surface area contributed by atoms with E-state index >= 15 is 0 Å². The number of benzene rings is 1. The number of piperazine rings is 1. The lowest BCUT2D eigenvalue weighted by atomic mass is 10.1. The lowest BCUT2D eigenvalue weighted by Crippen LogP contribution is -2.61. The van der Waals surface area contributed by atoms with E-state index < -0.39 is 0 Å². The predicted octanol–water partition coefficient (Wildman–Crippen LogP) is 0.354. The molecule has 1 aromatic carbocycles. The van der Waals surface area contributed by atoms with Gasteiger partial charge in [0.25, 0.3) is 0 Å². The van der Waals surface area contributed by atoms with Crippen molar-refractivity contribution in [1.82, 2.24) is 15.1 Å². The van der Waals surface area contributed by atoms with Gasteiger partial charge in [-0.25, -0.2) is 4.39 Å². The summed E-state index contributed by atoms with van der Waals surface area (Å²) >= 11 is 0. The molecule has 2 N–H and O–H groups in total. The Morgan fingerprint density at radius 3 is 2.43 bits per heavy atom. The number of hydrogen-bond donors (Lipinski definition) is 2. The number of anilines is 1. The van der Waals surface area contributed by atoms with Gasteiger partial charge >= 0.3 is 0 Å². The van der Waals surface area contributed by atoms with Gasteiger partial charge < -0.3 is 10.6 Å². The van der Waals surface area contributed by atoms with Crippen LogP contribution in [0.5, 0.6) is 0 Å². The molecule has 2 aliphatic rings. The van der Waals surface area contributed by atoms with Crippen LogP contribution in [0.15, 0.2) is 24.3 Å². The fraction of sp³-hybridized carbons (Fsp3) is 0.533. The van der Waals surface area contributed by atoms with Gasteiger partial charge in [0.15, 0.2) is 0 Å². The predicted molar refractivity (Wildman–Crippen MR) is 79.7 cm³/mol. The fourth-order valence-corrected chi connectivity index (χ4v) is 2.76. The standard InChI is InChI=1S/C15H21FN4O/c16-12-1-3-13(4-2-12)18-15(21)11-19-5-7-20(8-6-19)14-9-17-10-14/h1-4,14,17H,5-11H2,(H,18,21). The Bertz CT molecular complexity index is 481. The quantitative estimate of drug-likeness (QED) is 0.841. The van der Waals surface area contributed by atoms with Gasteiger partial charge in [0, 0.05) is 51.0 Å². The number of amides is 1. The van der Waals surface area contributed by atoms with Crippen LogP contribution in [0.3, 0.4) is 0 Å². The molecule has 5 nitrogen and oxygen atoms in total. The Balaban J connectivity index is 1.42. The molecule has 0 radical (unpaired) electrons. The van der Waals surface area contributed by atoms with Gasteiger partial charge in [-0.3, -0.25) is 14.6 Å². The van der Waals surface area contributed by atoms with Gasteiger partial charge in [-0.05, 0) is 24.3 Å². The highest BCUT2D eigenvalue weighted by Gasteiger charge is 2.28. The average Bonchev–Trinajstić information content (AvgIpc) is 2.42. The summed E-state index contributed by atoms with van der Waals surface area (Å²) in [5.74, 6) is -0.338. The van der Waals surface area contributed by atoms with Crippen LogP contribution < -0.4 is 10.6 Å². The van der Waals surface area contributed by atoms with E-state index in [1.54, 1.807) is 12.1 Å². The van der Waals surface area contributed by atoms with Crippen LogP contribution in [-0.2, 0) is 4.79 Å². The van der Waals surface area contributed by atoms with E-state index in [2.05, 4.69) is 20.4 Å². The molecule has 0 bridgehead atoms. The highest BCUT2D eigenvalue weighted by atomic mass is 19.1. The summed E-state index contributed by atoms with van der Waals surface area (Å²) in [6, 6.07) is 6.53. The summed E-state index contributed by atoms with van der Waals surface area (Å²) in [6.45, 7) is 6.47. The van der Waals surface area contributed by atoms with Gasteiger partial charge in [-0.1, -0.05) is 0 Å². The van der Waals surface area contributed by atoms with Crippen molar-refractivity contribution in [2.75, 3.05) is 51.1 Å². The first-order valence-electron chi connectivity index (χ1n) is 7.43. The van der Waals surface area contributed by atoms with Gasteiger partial charge in [0.2, 0.25) is 5.91 Å². The van der Waals surface area contributed by atoms with E-state index in [0.717, 1.165) is 39.3 Å². The molecule has 0 aliphatic carbocycles. The molecule has 114 valence electrons. The fourth-order valence-electron chi connectivity index (χ4n) is 2.76. The Morgan fingerprint density at radius 2 is 1.86 bits per heavy atom. The van der Waals surface area contributed by atoms with Crippen LogP contribution in [0.4, 0.5) is 10.1 Å². The molecule has 0 saturated carbocycles. The van der Waals surface area contributed by atoms with Crippen LogP contribution in [-0.4, -0.2) is 67.6 Å². The van der Waals surface area contributed by atoms with Crippen molar-refractivity contribution in [3.63, 3.8) is 0 Å². The normalized spacial score (nSPS) is 21.0. The van der Waals surface area contributed by atoms with Crippen LogP contribution in [0.1, 0.15) is 0 Å². The van der Waals surface area contributed by atoms with Crippen molar-refractivity contribution in [2.24, 2.45) is 0 Å². The largest absolute Gasteiger partial charge is 0.325 e. The number of nitrogens with zero attached hydrogens (tertiary/aromatic N) is 2. The number of carbonyl (C=O) groups excluding carboxylic acids is 1. The Hall–Kier alpha value is -1.50. The zero-order valence-corrected chi connectivity index (χ0v) is 12.0. The van der Waals surface area contributed by atoms with Crippen molar-refractivity contribution in [2.45, 2.75) is 6.04 Å². The lowest BCUT2D eigenvalue weighted by Gasteiger charge is -2.43. The monoisotopic (exact) mass is 292 g/mol. The summed E-state index contributed by atoms with van der Waals surface area (Å²) < 4.78 is 12.8. The molecule has 0 aromatic heterocycles. The zero-order chi connectivity index (χ0) is 14.7. The molecule has 2 fully saturated rings. The summed E-state index contributed by atoms with van der Waals surface area (Å²) in [4.78, 5) is 16.6. The Kier molecular flexibility index (Phi) is 4.48. The van der Waals surface area contributed by atoms with E-state index in [-0.39, 0.29) is 11.7 Å². The van der Waals surface area contributed by atoms with E-state index in [4.69, 9.17) is 0 Å². The topological polar surface area (TPSA) is 47.6 Å². The summed E-state index contributed by atoms with van der Waals surface area (Å²) in [5.41, 5.74) is 0.639. The second-order valence-electron chi connectivity index (χ2n) is 5.68. The third kappa shape index (κ3) is 3.78. The maximum atomic E-state index is 12.8. The van der Waals surface area contributed by atoms with Crippen molar-refractivity contribution >= 4 is 11.6 Å². The van der Waals surface area contributed by atoms with Crippen molar-refractivity contribution in [3.05, 3.63) is 30.1 Å². The SMILES string of the molecule is O=C(CN1CCN(C2CNC2)CC1)Nc1ccc(F)cc1. The molecular weight excluding hydrogens is 271 g/mol. The first-order valence-corrected chi connectivity index (χ1v) is 7.43. The minimum atomic E-state index is -0.297. The molecule has 1 amide bonds. The maximum absolute atomic E-state index is 12.8. The summed E-state index contributed by atoms with van der Waals surface area (Å²) in [5, 5.41) is 6.09. The van der Waals surface area contributed by atoms with E-state index in [9.17, 15) is 9.18 Å². The minimum Gasteiger partial charge on any atom is -0.325 e. The molecule has 0 spiro atoms. The summed E-state index contributed by atoms with van der Waals surface area (Å²) in [6.07, 6.45) is 0. The lowest BCUT2D eigenvalue weighted by molar-refractivity contribution is -0.117. The first kappa shape index (κ1) is 14.4. The molecule has 2 aliphatic heterocycles. The second-order valence-corrected chi connectivity index (χ2v) is 5.68. The summed E-state index contributed by atoms with van der Waals surface area (Å²) in [7, 11) is 0. The van der Waals surface area contributed by atoms with Gasteiger partial charge in [-0.2, -0.15) is 0 Å². The third-order valence-corrected chi connectivity index (χ3v) is 4.18. The number of nitrogens with one attached hydrogen (secondary N) is 2. The Labute approximate surface area is 124 Å². The second kappa shape index (κ2) is 6.51. The first-order chi connectivity index (χ1) is 10.2. The van der Waals surface area contributed by atoms with E-state index in [1.807, 2.05) is 0 Å². The van der Waals surface area contributed by atoms with Crippen molar-refractivity contribution < 1.29 is 9.18 Å². The van der Waals surface area contributed by atoms with Crippen molar-refractivity contribution in [1.29, 1.82) is 0 Å². The maximum Gasteiger partial charge on any atom is 0.238 e. The number of rotatable bonds is 4. The number of hydrogen-bond acceptors (Lipinski definition) is 4. The van der Waals surface area contributed by atoms with Gasteiger partial charge in [0.05, 0.1) is 6.54 Å². The highest BCUT2D eigenvalue weighted by molar-refractivity contribution is 5.92. The molecule has 6 heteroatoms. The van der Waals surface area contributed by atoms with Crippen LogP contribution in [0, 0.1) is 5.82 Å². The molecule has 1 aromatic rings. The van der Waals surface area contributed by atoms with Gasteiger partial charge in [0.1, 0.15) is 5.82 Å². The highest BCUT2D eigenvalue weighted by Crippen LogP contribution is 2.11. The van der Waals surface area contributed by atoms with E-state index in [0.29, 0.717) is 18.3 Å². The van der Waals surface area contributed by atoms with Crippen LogP contribution in [0.25, 0.3) is 0 Å².